The third-order valence-corrected chi connectivity index (χ3v) is 11.7. The Morgan fingerprint density at radius 2 is 1.62 bits per heavy atom. The summed E-state index contributed by atoms with van der Waals surface area (Å²) in [6.07, 6.45) is 8.68. The van der Waals surface area contributed by atoms with Gasteiger partial charge in [0.1, 0.15) is 17.0 Å². The number of hydrogen-bond acceptors (Lipinski definition) is 13. The Bertz CT molecular complexity index is 2460. The first-order valence-electron chi connectivity index (χ1n) is 20.8. The molecule has 0 spiro atoms. The number of carbonyl (C=O) groups is 4. The van der Waals surface area contributed by atoms with E-state index < -0.39 is 23.6 Å². The molecule has 60 heavy (non-hydrogen) atoms. The topological polar surface area (TPSA) is 213 Å². The zero-order chi connectivity index (χ0) is 41.6. The van der Waals surface area contributed by atoms with E-state index in [9.17, 15) is 24.0 Å². The van der Waals surface area contributed by atoms with Gasteiger partial charge in [0.2, 0.25) is 0 Å². The molecule has 3 aliphatic rings. The number of rotatable bonds is 18. The standard InChI is InChI=1S/C44H50N8O8/c45-32-7-2-1-5-27(32)23-28-24-35-40(42(55)48-26-47-35)41(49-28)50-33-8-4-10-36-30(33)13-15-51(36)16-18-59-20-22-60-21-19-58-17-14-46-34-9-3-6-31-39(34)44(57)52(43(31)56)37-12-11-29(53)25-38(37)54/h3-4,6,8-10,13,15,24,26-27,32,37,46H,1-2,5,7,11-12,14,16-23,25,45H2,(H,49,50)(H,47,48,55)/t27-,32-,37?/m0/s1. The molecular formula is C44H50N8O8. The molecule has 2 saturated carbocycles. The molecule has 0 radical (unpaired) electrons. The van der Waals surface area contributed by atoms with Crippen LogP contribution in [0.25, 0.3) is 21.8 Å². The zero-order valence-corrected chi connectivity index (χ0v) is 33.5. The molecule has 5 aromatic rings. The second-order valence-corrected chi connectivity index (χ2v) is 15.6. The Kier molecular flexibility index (Phi) is 12.7. The van der Waals surface area contributed by atoms with Crippen LogP contribution in [0.5, 0.6) is 0 Å². The second kappa shape index (κ2) is 18.6. The molecule has 2 amide bonds. The van der Waals surface area contributed by atoms with Crippen molar-refractivity contribution >= 4 is 62.4 Å². The monoisotopic (exact) mass is 818 g/mol. The highest BCUT2D eigenvalue weighted by Gasteiger charge is 2.45. The van der Waals surface area contributed by atoms with Crippen molar-refractivity contribution in [2.24, 2.45) is 11.7 Å². The molecule has 0 saturated heterocycles. The van der Waals surface area contributed by atoms with Gasteiger partial charge in [-0.05, 0) is 68.0 Å². The van der Waals surface area contributed by atoms with E-state index >= 15 is 0 Å². The lowest BCUT2D eigenvalue weighted by Gasteiger charge is -2.28. The van der Waals surface area contributed by atoms with Gasteiger partial charge in [-0.15, -0.1) is 0 Å². The summed E-state index contributed by atoms with van der Waals surface area (Å²) >= 11 is 0. The van der Waals surface area contributed by atoms with Crippen LogP contribution in [0, 0.1) is 5.92 Å². The molecule has 1 unspecified atom stereocenters. The number of Topliss-reactive ketones (excluding diaryl/α,β-unsaturated/α-hetero) is 2. The smallest absolute Gasteiger partial charge is 0.264 e. The van der Waals surface area contributed by atoms with E-state index in [1.165, 1.54) is 12.7 Å². The fourth-order valence-corrected chi connectivity index (χ4v) is 8.58. The summed E-state index contributed by atoms with van der Waals surface area (Å²) in [4.78, 5) is 76.6. The van der Waals surface area contributed by atoms with Crippen LogP contribution in [0.1, 0.15) is 71.4 Å². The van der Waals surface area contributed by atoms with E-state index in [0.717, 1.165) is 52.9 Å². The number of fused-ring (bicyclic) bond motifs is 3. The summed E-state index contributed by atoms with van der Waals surface area (Å²) in [5.74, 6) is -0.781. The second-order valence-electron chi connectivity index (χ2n) is 15.6. The normalized spacial score (nSPS) is 19.4. The van der Waals surface area contributed by atoms with Crippen molar-refractivity contribution in [2.45, 2.75) is 70.0 Å². The van der Waals surface area contributed by atoms with Crippen LogP contribution < -0.4 is 21.9 Å². The minimum Gasteiger partial charge on any atom is -0.382 e. The number of aromatic amines is 1. The quantitative estimate of drug-likeness (QED) is 0.0545. The number of benzene rings is 2. The fourth-order valence-electron chi connectivity index (χ4n) is 8.58. The zero-order valence-electron chi connectivity index (χ0n) is 33.5. The highest BCUT2D eigenvalue weighted by molar-refractivity contribution is 6.25. The van der Waals surface area contributed by atoms with Gasteiger partial charge >= 0.3 is 0 Å². The first-order valence-corrected chi connectivity index (χ1v) is 20.8. The van der Waals surface area contributed by atoms with Crippen LogP contribution in [-0.2, 0) is 36.8 Å². The Labute approximate surface area is 346 Å². The number of carbonyl (C=O) groups excluding carboxylic acids is 4. The average Bonchev–Trinajstić information content (AvgIpc) is 3.77. The molecule has 2 aliphatic carbocycles. The largest absolute Gasteiger partial charge is 0.382 e. The number of pyridine rings is 1. The minimum atomic E-state index is -0.909. The van der Waals surface area contributed by atoms with Gasteiger partial charge in [0.25, 0.3) is 17.4 Å². The van der Waals surface area contributed by atoms with Crippen LogP contribution in [-0.4, -0.2) is 106 Å². The summed E-state index contributed by atoms with van der Waals surface area (Å²) < 4.78 is 19.4. The van der Waals surface area contributed by atoms with Gasteiger partial charge in [-0.2, -0.15) is 0 Å². The lowest BCUT2D eigenvalue weighted by molar-refractivity contribution is -0.132. The van der Waals surface area contributed by atoms with Gasteiger partial charge < -0.3 is 40.1 Å². The molecule has 1 aliphatic heterocycles. The summed E-state index contributed by atoms with van der Waals surface area (Å²) in [5.41, 5.74) is 10.5. The summed E-state index contributed by atoms with van der Waals surface area (Å²) in [6.45, 7) is 3.41. The van der Waals surface area contributed by atoms with Crippen molar-refractivity contribution in [1.29, 1.82) is 0 Å². The fraction of sp³-hybridized carbons (Fsp3) is 0.432. The molecule has 2 fully saturated rings. The minimum absolute atomic E-state index is 0.145. The number of nitrogens with two attached hydrogens (primary N) is 1. The molecule has 16 nitrogen and oxygen atoms in total. The number of hydrogen-bond donors (Lipinski definition) is 4. The molecule has 3 atom stereocenters. The lowest BCUT2D eigenvalue weighted by atomic mass is 9.82. The Balaban J connectivity index is 0.758. The van der Waals surface area contributed by atoms with E-state index in [2.05, 4.69) is 25.2 Å². The molecule has 0 bridgehead atoms. The summed E-state index contributed by atoms with van der Waals surface area (Å²) in [7, 11) is 0. The maximum atomic E-state index is 13.3. The van der Waals surface area contributed by atoms with E-state index in [0.29, 0.717) is 81.1 Å². The number of ether oxygens (including phenoxy) is 3. The highest BCUT2D eigenvalue weighted by Crippen LogP contribution is 2.34. The van der Waals surface area contributed by atoms with E-state index in [4.69, 9.17) is 24.9 Å². The molecular weight excluding hydrogens is 769 g/mol. The van der Waals surface area contributed by atoms with Crippen LogP contribution in [0.2, 0.25) is 0 Å². The van der Waals surface area contributed by atoms with Gasteiger partial charge in [0, 0.05) is 54.2 Å². The Hall–Kier alpha value is -5.81. The lowest BCUT2D eigenvalue weighted by Crippen LogP contribution is -2.47. The molecule has 5 N–H and O–H groups in total. The highest BCUT2D eigenvalue weighted by atomic mass is 16.5. The van der Waals surface area contributed by atoms with Crippen LogP contribution in [0.3, 0.4) is 0 Å². The number of ketones is 2. The maximum Gasteiger partial charge on any atom is 0.264 e. The number of imide groups is 1. The van der Waals surface area contributed by atoms with Crippen molar-refractivity contribution in [2.75, 3.05) is 56.8 Å². The SMILES string of the molecule is N[C@H]1CCCC[C@H]1Cc1cc2nc[nH]c(=O)c2c(Nc2cccc3c2ccn3CCOCCOCCOCCNc2cccc3c2C(=O)N(C2CCC(=O)CC2=O)C3=O)n1. The van der Waals surface area contributed by atoms with Crippen LogP contribution in [0.4, 0.5) is 17.2 Å². The molecule has 2 aromatic carbocycles. The van der Waals surface area contributed by atoms with E-state index in [1.54, 1.807) is 18.2 Å². The van der Waals surface area contributed by atoms with Crippen LogP contribution >= 0.6 is 0 Å². The number of nitrogens with zero attached hydrogens (tertiary/aromatic N) is 4. The predicted molar refractivity (Wildman–Crippen MR) is 225 cm³/mol. The van der Waals surface area contributed by atoms with Crippen molar-refractivity contribution in [3.05, 3.63) is 88.2 Å². The first-order chi connectivity index (χ1) is 29.3. The molecule has 314 valence electrons. The number of H-pyrrole nitrogens is 1. The Morgan fingerprint density at radius 3 is 2.43 bits per heavy atom. The van der Waals surface area contributed by atoms with Crippen molar-refractivity contribution in [1.82, 2.24) is 24.4 Å². The van der Waals surface area contributed by atoms with Gasteiger partial charge in [-0.25, -0.2) is 9.97 Å². The van der Waals surface area contributed by atoms with Gasteiger partial charge in [-0.3, -0.25) is 28.9 Å². The number of aromatic nitrogens is 4. The van der Waals surface area contributed by atoms with Crippen molar-refractivity contribution < 1.29 is 33.4 Å². The molecule has 16 heteroatoms. The molecule has 8 rings (SSSR count). The third kappa shape index (κ3) is 8.87. The maximum absolute atomic E-state index is 13.3. The summed E-state index contributed by atoms with van der Waals surface area (Å²) in [6, 6.07) is 14.2. The van der Waals surface area contributed by atoms with Crippen molar-refractivity contribution in [3.8, 4) is 0 Å². The molecule has 3 aromatic heterocycles. The number of nitrogens with one attached hydrogen (secondary N) is 3. The predicted octanol–water partition coefficient (Wildman–Crippen LogP) is 4.53. The Morgan fingerprint density at radius 1 is 0.850 bits per heavy atom. The van der Waals surface area contributed by atoms with E-state index in [-0.39, 0.29) is 47.8 Å². The molecule has 4 heterocycles. The number of amides is 2. The van der Waals surface area contributed by atoms with E-state index in [1.807, 2.05) is 36.5 Å². The van der Waals surface area contributed by atoms with Gasteiger partial charge in [-0.1, -0.05) is 25.0 Å². The van der Waals surface area contributed by atoms with Gasteiger partial charge in [0.15, 0.2) is 5.78 Å². The third-order valence-electron chi connectivity index (χ3n) is 11.7. The van der Waals surface area contributed by atoms with Crippen molar-refractivity contribution in [3.63, 3.8) is 0 Å². The van der Waals surface area contributed by atoms with Crippen LogP contribution in [0.15, 0.2) is 65.8 Å². The first kappa shape index (κ1) is 40.9. The summed E-state index contributed by atoms with van der Waals surface area (Å²) in [5, 5.41) is 8.03. The average molecular weight is 819 g/mol. The van der Waals surface area contributed by atoms with Gasteiger partial charge in [0.05, 0.1) is 80.6 Å². The number of anilines is 3.